The number of carbonyl (C=O) groups excluding carboxylic acids is 1. The molecule has 0 saturated heterocycles. The first kappa shape index (κ1) is 7.74. The predicted octanol–water partition coefficient (Wildman–Crippen LogP) is -0.872. The molecule has 4 N–H and O–H groups in total. The fourth-order valence-corrected chi connectivity index (χ4v) is 0.256. The van der Waals surface area contributed by atoms with Crippen LogP contribution in [-0.2, 0) is 4.79 Å². The van der Waals surface area contributed by atoms with Gasteiger partial charge < -0.3 is 16.2 Å². The van der Waals surface area contributed by atoms with Crippen LogP contribution in [-0.4, -0.2) is 23.1 Å². The van der Waals surface area contributed by atoms with E-state index in [1.54, 1.807) is 0 Å². The molecule has 0 rings (SSSR count). The van der Waals surface area contributed by atoms with Gasteiger partial charge in [-0.25, -0.2) is 4.79 Å². The summed E-state index contributed by atoms with van der Waals surface area (Å²) in [5.41, 5.74) is 4.72. The van der Waals surface area contributed by atoms with Gasteiger partial charge in [0.15, 0.2) is 0 Å². The Morgan fingerprint density at radius 3 is 2.22 bits per heavy atom. The predicted molar refractivity (Wildman–Crippen MR) is 29.8 cm³/mol. The van der Waals surface area contributed by atoms with Gasteiger partial charge in [0.05, 0.1) is 0 Å². The summed E-state index contributed by atoms with van der Waals surface area (Å²) in [4.78, 5) is 19.9. The number of nitrogens with two attached hydrogens (primary N) is 1. The maximum Gasteiger partial charge on any atom is 0.405 e. The number of rotatable bonds is 2. The van der Waals surface area contributed by atoms with Gasteiger partial charge in [0, 0.05) is 0 Å². The minimum Gasteiger partial charge on any atom is -0.465 e. The summed E-state index contributed by atoms with van der Waals surface area (Å²) < 4.78 is 0. The molecule has 0 aliphatic heterocycles. The van der Waals surface area contributed by atoms with E-state index < -0.39 is 18.0 Å². The van der Waals surface area contributed by atoms with Crippen molar-refractivity contribution in [3.05, 3.63) is 0 Å². The first-order valence-electron chi connectivity index (χ1n) is 2.33. The molecule has 0 fully saturated rings. The molecule has 0 aromatic rings. The lowest BCUT2D eigenvalue weighted by atomic mass is 10.3. The van der Waals surface area contributed by atoms with E-state index in [-0.39, 0.29) is 0 Å². The number of carbonyl (C=O) groups is 2. The van der Waals surface area contributed by atoms with Crippen molar-refractivity contribution in [2.45, 2.75) is 13.0 Å². The molecule has 0 heterocycles. The molecule has 0 saturated carbocycles. The van der Waals surface area contributed by atoms with Crippen molar-refractivity contribution in [3.8, 4) is 0 Å². The summed E-state index contributed by atoms with van der Waals surface area (Å²) >= 11 is 0. The van der Waals surface area contributed by atoms with Crippen molar-refractivity contribution in [3.63, 3.8) is 0 Å². The van der Waals surface area contributed by atoms with E-state index in [1.165, 1.54) is 6.92 Å². The largest absolute Gasteiger partial charge is 0.465 e. The Bertz CT molecular complexity index is 134. The van der Waals surface area contributed by atoms with Crippen molar-refractivity contribution in [2.24, 2.45) is 5.73 Å². The Morgan fingerprint density at radius 2 is 2.11 bits per heavy atom. The molecule has 5 nitrogen and oxygen atoms in total. The van der Waals surface area contributed by atoms with Crippen LogP contribution in [0.15, 0.2) is 0 Å². The van der Waals surface area contributed by atoms with Gasteiger partial charge in [-0.15, -0.1) is 0 Å². The molecule has 1 atom stereocenters. The summed E-state index contributed by atoms with van der Waals surface area (Å²) in [6.07, 6.45) is -1.25. The van der Waals surface area contributed by atoms with E-state index >= 15 is 0 Å². The second-order valence-electron chi connectivity index (χ2n) is 1.57. The van der Waals surface area contributed by atoms with Gasteiger partial charge in [0.2, 0.25) is 5.91 Å². The van der Waals surface area contributed by atoms with Crippen LogP contribution in [0, 0.1) is 0 Å². The number of primary amides is 1. The van der Waals surface area contributed by atoms with Crippen molar-refractivity contribution < 1.29 is 14.7 Å². The highest BCUT2D eigenvalue weighted by Crippen LogP contribution is 1.76. The fourth-order valence-electron chi connectivity index (χ4n) is 0.256. The molecule has 0 bridgehead atoms. The van der Waals surface area contributed by atoms with Gasteiger partial charge in [0.25, 0.3) is 0 Å². The normalized spacial score (nSPS) is 12.1. The lowest BCUT2D eigenvalue weighted by molar-refractivity contribution is -0.119. The number of nitrogens with one attached hydrogen (secondary N) is 1. The molecule has 0 radical (unpaired) electrons. The SMILES string of the molecule is C[C@@H](NC(=O)O)C(N)=O. The van der Waals surface area contributed by atoms with Crippen LogP contribution in [0.4, 0.5) is 4.79 Å². The minimum atomic E-state index is -1.25. The second-order valence-corrected chi connectivity index (χ2v) is 1.57. The molecule has 9 heavy (non-hydrogen) atoms. The highest BCUT2D eigenvalue weighted by atomic mass is 16.4. The van der Waals surface area contributed by atoms with E-state index in [4.69, 9.17) is 10.8 Å². The molecule has 0 aliphatic carbocycles. The zero-order chi connectivity index (χ0) is 7.44. The van der Waals surface area contributed by atoms with Gasteiger partial charge >= 0.3 is 6.09 Å². The zero-order valence-corrected chi connectivity index (χ0v) is 4.92. The van der Waals surface area contributed by atoms with Crippen LogP contribution >= 0.6 is 0 Å². The zero-order valence-electron chi connectivity index (χ0n) is 4.92. The molecule has 5 heteroatoms. The van der Waals surface area contributed by atoms with E-state index in [0.717, 1.165) is 0 Å². The second kappa shape index (κ2) is 2.91. The quantitative estimate of drug-likeness (QED) is 0.456. The van der Waals surface area contributed by atoms with Gasteiger partial charge in [-0.05, 0) is 6.92 Å². The number of hydrogen-bond donors (Lipinski definition) is 3. The summed E-state index contributed by atoms with van der Waals surface area (Å²) in [6.45, 7) is 1.37. The lowest BCUT2D eigenvalue weighted by Crippen LogP contribution is -2.41. The van der Waals surface area contributed by atoms with Gasteiger partial charge in [-0.3, -0.25) is 4.79 Å². The smallest absolute Gasteiger partial charge is 0.405 e. The van der Waals surface area contributed by atoms with Crippen molar-refractivity contribution in [1.82, 2.24) is 5.32 Å². The maximum absolute atomic E-state index is 10.1. The van der Waals surface area contributed by atoms with Gasteiger partial charge in [-0.2, -0.15) is 0 Å². The van der Waals surface area contributed by atoms with Crippen LogP contribution < -0.4 is 11.1 Å². The molecular formula is C4H8N2O3. The first-order valence-corrected chi connectivity index (χ1v) is 2.33. The van der Waals surface area contributed by atoms with Crippen LogP contribution in [0.25, 0.3) is 0 Å². The topological polar surface area (TPSA) is 92.4 Å². The van der Waals surface area contributed by atoms with E-state index in [1.807, 2.05) is 5.32 Å². The Kier molecular flexibility index (Phi) is 2.50. The molecule has 0 aliphatic rings. The van der Waals surface area contributed by atoms with Crippen LogP contribution in [0.5, 0.6) is 0 Å². The van der Waals surface area contributed by atoms with Crippen molar-refractivity contribution in [2.75, 3.05) is 0 Å². The molecular weight excluding hydrogens is 124 g/mol. The number of amides is 2. The minimum absolute atomic E-state index is 0.683. The number of carboxylic acid groups (broad SMARTS) is 1. The summed E-state index contributed by atoms with van der Waals surface area (Å²) in [7, 11) is 0. The Hall–Kier alpha value is -1.26. The molecule has 52 valence electrons. The average Bonchev–Trinajstić information content (AvgIpc) is 1.63. The summed E-state index contributed by atoms with van der Waals surface area (Å²) in [6, 6.07) is -0.817. The highest BCUT2D eigenvalue weighted by molar-refractivity contribution is 5.83. The third kappa shape index (κ3) is 3.33. The summed E-state index contributed by atoms with van der Waals surface area (Å²) in [5.74, 6) is -0.683. The highest BCUT2D eigenvalue weighted by Gasteiger charge is 2.09. The van der Waals surface area contributed by atoms with Gasteiger partial charge in [0.1, 0.15) is 6.04 Å². The van der Waals surface area contributed by atoms with Crippen LogP contribution in [0.1, 0.15) is 6.92 Å². The van der Waals surface area contributed by atoms with E-state index in [0.29, 0.717) is 0 Å². The Balaban J connectivity index is 3.63. The molecule has 2 amide bonds. The van der Waals surface area contributed by atoms with E-state index in [9.17, 15) is 9.59 Å². The van der Waals surface area contributed by atoms with Crippen LogP contribution in [0.3, 0.4) is 0 Å². The maximum atomic E-state index is 10.1. The first-order chi connectivity index (χ1) is 4.04. The fraction of sp³-hybridized carbons (Fsp3) is 0.500. The monoisotopic (exact) mass is 132 g/mol. The van der Waals surface area contributed by atoms with Crippen LogP contribution in [0.2, 0.25) is 0 Å². The number of hydrogen-bond acceptors (Lipinski definition) is 2. The standard InChI is InChI=1S/C4H8N2O3/c1-2(3(5)7)6-4(8)9/h2,6H,1H3,(H2,5,7)(H,8,9)/t2-/m1/s1. The molecule has 0 spiro atoms. The molecule has 0 aromatic carbocycles. The molecule has 0 unspecified atom stereocenters. The third-order valence-corrected chi connectivity index (χ3v) is 0.767. The van der Waals surface area contributed by atoms with Crippen molar-refractivity contribution in [1.29, 1.82) is 0 Å². The Labute approximate surface area is 51.8 Å². The lowest BCUT2D eigenvalue weighted by Gasteiger charge is -2.04. The van der Waals surface area contributed by atoms with Crippen molar-refractivity contribution >= 4 is 12.0 Å². The third-order valence-electron chi connectivity index (χ3n) is 0.767. The van der Waals surface area contributed by atoms with E-state index in [2.05, 4.69) is 0 Å². The average molecular weight is 132 g/mol. The van der Waals surface area contributed by atoms with Gasteiger partial charge in [-0.1, -0.05) is 0 Å². The Morgan fingerprint density at radius 1 is 1.67 bits per heavy atom. The molecule has 0 aromatic heterocycles. The summed E-state index contributed by atoms with van der Waals surface area (Å²) in [5, 5.41) is 9.90.